The maximum atomic E-state index is 9.40. The van der Waals surface area contributed by atoms with Gasteiger partial charge in [0.05, 0.1) is 5.69 Å². The summed E-state index contributed by atoms with van der Waals surface area (Å²) in [4.78, 5) is 2.19. The van der Waals surface area contributed by atoms with E-state index in [1.165, 1.54) is 0 Å². The van der Waals surface area contributed by atoms with Crippen LogP contribution in [0.4, 0.5) is 5.82 Å². The van der Waals surface area contributed by atoms with Gasteiger partial charge in [0.25, 0.3) is 0 Å². The lowest BCUT2D eigenvalue weighted by atomic mass is 10.1. The van der Waals surface area contributed by atoms with Gasteiger partial charge in [0, 0.05) is 13.1 Å². The largest absolute Gasteiger partial charge is 0.354 e. The number of aryl methyl sites for hydroxylation is 1. The fraction of sp³-hybridized carbons (Fsp3) is 0.667. The van der Waals surface area contributed by atoms with Crippen molar-refractivity contribution in [3.8, 4) is 6.07 Å². The molecule has 0 aliphatic carbocycles. The van der Waals surface area contributed by atoms with E-state index in [1.54, 1.807) is 0 Å². The standard InChI is InChI=1S/C15H24N4/c1-10(2)8-19(9-11(3)4)15-14(7-16)12(5)13(6)17-18-15/h10-11H,8-9H2,1-6H3. The second-order valence-electron chi connectivity index (χ2n) is 5.91. The highest BCUT2D eigenvalue weighted by Crippen LogP contribution is 2.23. The monoisotopic (exact) mass is 260 g/mol. The Hall–Kier alpha value is -1.63. The fourth-order valence-electron chi connectivity index (χ4n) is 2.08. The molecule has 1 rings (SSSR count). The Labute approximate surface area is 116 Å². The van der Waals surface area contributed by atoms with Gasteiger partial charge in [-0.25, -0.2) is 0 Å². The molecular formula is C15H24N4. The molecule has 0 aromatic carbocycles. The summed E-state index contributed by atoms with van der Waals surface area (Å²) in [7, 11) is 0. The van der Waals surface area contributed by atoms with Crippen LogP contribution in [0.3, 0.4) is 0 Å². The van der Waals surface area contributed by atoms with E-state index in [0.29, 0.717) is 17.4 Å². The van der Waals surface area contributed by atoms with Crippen molar-refractivity contribution in [1.82, 2.24) is 10.2 Å². The van der Waals surface area contributed by atoms with Crippen LogP contribution in [0.1, 0.15) is 44.5 Å². The van der Waals surface area contributed by atoms with Crippen LogP contribution in [0.15, 0.2) is 0 Å². The molecule has 0 aliphatic heterocycles. The van der Waals surface area contributed by atoms with E-state index in [2.05, 4.69) is 48.9 Å². The highest BCUT2D eigenvalue weighted by molar-refractivity contribution is 5.57. The van der Waals surface area contributed by atoms with Crippen molar-refractivity contribution in [3.63, 3.8) is 0 Å². The van der Waals surface area contributed by atoms with Crippen molar-refractivity contribution in [2.75, 3.05) is 18.0 Å². The van der Waals surface area contributed by atoms with Crippen LogP contribution >= 0.6 is 0 Å². The first-order chi connectivity index (χ1) is 8.86. The molecule has 0 amide bonds. The summed E-state index contributed by atoms with van der Waals surface area (Å²) < 4.78 is 0. The summed E-state index contributed by atoms with van der Waals surface area (Å²) in [5.74, 6) is 1.77. The maximum Gasteiger partial charge on any atom is 0.169 e. The molecule has 0 saturated carbocycles. The number of nitrogens with zero attached hydrogens (tertiary/aromatic N) is 4. The van der Waals surface area contributed by atoms with Crippen LogP contribution in [0, 0.1) is 37.0 Å². The molecule has 0 aliphatic rings. The lowest BCUT2D eigenvalue weighted by molar-refractivity contribution is 0.546. The summed E-state index contributed by atoms with van der Waals surface area (Å²) >= 11 is 0. The van der Waals surface area contributed by atoms with E-state index in [-0.39, 0.29) is 0 Å². The molecule has 0 fully saturated rings. The zero-order valence-corrected chi connectivity index (χ0v) is 12.9. The van der Waals surface area contributed by atoms with E-state index >= 15 is 0 Å². The van der Waals surface area contributed by atoms with Gasteiger partial charge in [0.1, 0.15) is 11.6 Å². The minimum Gasteiger partial charge on any atom is -0.354 e. The summed E-state index contributed by atoms with van der Waals surface area (Å²) in [5.41, 5.74) is 2.42. The van der Waals surface area contributed by atoms with Crippen molar-refractivity contribution < 1.29 is 0 Å². The van der Waals surface area contributed by atoms with Crippen molar-refractivity contribution in [1.29, 1.82) is 5.26 Å². The maximum absolute atomic E-state index is 9.40. The third-order valence-electron chi connectivity index (χ3n) is 3.02. The third-order valence-corrected chi connectivity index (χ3v) is 3.02. The van der Waals surface area contributed by atoms with Crippen molar-refractivity contribution in [2.24, 2.45) is 11.8 Å². The number of aromatic nitrogens is 2. The SMILES string of the molecule is Cc1nnc(N(CC(C)C)CC(C)C)c(C#N)c1C. The topological polar surface area (TPSA) is 52.8 Å². The van der Waals surface area contributed by atoms with Crippen LogP contribution in [0.5, 0.6) is 0 Å². The molecule has 19 heavy (non-hydrogen) atoms. The van der Waals surface area contributed by atoms with Crippen molar-refractivity contribution in [3.05, 3.63) is 16.8 Å². The Balaban J connectivity index is 3.22. The van der Waals surface area contributed by atoms with Gasteiger partial charge in [-0.05, 0) is 31.2 Å². The summed E-state index contributed by atoms with van der Waals surface area (Å²) in [5, 5.41) is 17.8. The molecule has 4 nitrogen and oxygen atoms in total. The van der Waals surface area contributed by atoms with E-state index in [1.807, 2.05) is 13.8 Å². The van der Waals surface area contributed by atoms with Crippen molar-refractivity contribution >= 4 is 5.82 Å². The zero-order chi connectivity index (χ0) is 14.6. The minimum atomic E-state index is 0.522. The first-order valence-corrected chi connectivity index (χ1v) is 6.85. The number of hydrogen-bond acceptors (Lipinski definition) is 4. The van der Waals surface area contributed by atoms with E-state index in [9.17, 15) is 5.26 Å². The van der Waals surface area contributed by atoms with Crippen LogP contribution < -0.4 is 4.90 Å². The number of anilines is 1. The summed E-state index contributed by atoms with van der Waals surface area (Å²) in [6.07, 6.45) is 0. The molecular weight excluding hydrogens is 236 g/mol. The second kappa shape index (κ2) is 6.51. The van der Waals surface area contributed by atoms with Gasteiger partial charge < -0.3 is 4.90 Å². The van der Waals surface area contributed by atoms with Crippen LogP contribution in [0.25, 0.3) is 0 Å². The average molecular weight is 260 g/mol. The van der Waals surface area contributed by atoms with Crippen LogP contribution in [0.2, 0.25) is 0 Å². The predicted octanol–water partition coefficient (Wildman–Crippen LogP) is 3.08. The highest BCUT2D eigenvalue weighted by atomic mass is 15.3. The van der Waals surface area contributed by atoms with Crippen LogP contribution in [-0.2, 0) is 0 Å². The Bertz CT molecular complexity index is 462. The average Bonchev–Trinajstić information content (AvgIpc) is 2.30. The third kappa shape index (κ3) is 3.92. The van der Waals surface area contributed by atoms with E-state index < -0.39 is 0 Å². The molecule has 0 bridgehead atoms. The smallest absolute Gasteiger partial charge is 0.169 e. The highest BCUT2D eigenvalue weighted by Gasteiger charge is 2.19. The minimum absolute atomic E-state index is 0.522. The lowest BCUT2D eigenvalue weighted by Gasteiger charge is -2.28. The van der Waals surface area contributed by atoms with Gasteiger partial charge >= 0.3 is 0 Å². The van der Waals surface area contributed by atoms with Gasteiger partial charge in [-0.1, -0.05) is 27.7 Å². The lowest BCUT2D eigenvalue weighted by Crippen LogP contribution is -2.33. The number of hydrogen-bond donors (Lipinski definition) is 0. The molecule has 0 saturated heterocycles. The molecule has 0 atom stereocenters. The normalized spacial score (nSPS) is 10.9. The van der Waals surface area contributed by atoms with E-state index in [0.717, 1.165) is 30.2 Å². The Kier molecular flexibility index (Phi) is 5.29. The zero-order valence-electron chi connectivity index (χ0n) is 12.9. The van der Waals surface area contributed by atoms with E-state index in [4.69, 9.17) is 0 Å². The molecule has 0 spiro atoms. The Morgan fingerprint density at radius 1 is 1.05 bits per heavy atom. The second-order valence-corrected chi connectivity index (χ2v) is 5.91. The van der Waals surface area contributed by atoms with Crippen molar-refractivity contribution in [2.45, 2.75) is 41.5 Å². The first-order valence-electron chi connectivity index (χ1n) is 6.85. The molecule has 1 aromatic heterocycles. The summed E-state index contributed by atoms with van der Waals surface area (Å²) in [6.45, 7) is 14.3. The molecule has 0 unspecified atom stereocenters. The molecule has 1 aromatic rings. The van der Waals surface area contributed by atoms with Gasteiger partial charge in [0.15, 0.2) is 5.82 Å². The Morgan fingerprint density at radius 3 is 2.00 bits per heavy atom. The van der Waals surface area contributed by atoms with Gasteiger partial charge in [-0.2, -0.15) is 10.4 Å². The number of rotatable bonds is 5. The molecule has 4 heteroatoms. The molecule has 0 N–H and O–H groups in total. The predicted molar refractivity (Wildman–Crippen MR) is 78.1 cm³/mol. The number of nitriles is 1. The van der Waals surface area contributed by atoms with Gasteiger partial charge in [0.2, 0.25) is 0 Å². The van der Waals surface area contributed by atoms with Gasteiger partial charge in [-0.15, -0.1) is 5.10 Å². The Morgan fingerprint density at radius 2 is 1.58 bits per heavy atom. The quantitative estimate of drug-likeness (QED) is 0.816. The van der Waals surface area contributed by atoms with Crippen LogP contribution in [-0.4, -0.2) is 23.3 Å². The molecule has 104 valence electrons. The molecule has 1 heterocycles. The first kappa shape index (κ1) is 15.4. The molecule has 0 radical (unpaired) electrons. The van der Waals surface area contributed by atoms with Gasteiger partial charge in [-0.3, -0.25) is 0 Å². The summed E-state index contributed by atoms with van der Waals surface area (Å²) in [6, 6.07) is 2.29. The fourth-order valence-corrected chi connectivity index (χ4v) is 2.08.